The maximum absolute atomic E-state index is 12.1. The van der Waals surface area contributed by atoms with Gasteiger partial charge in [0.15, 0.2) is 5.78 Å². The van der Waals surface area contributed by atoms with E-state index in [2.05, 4.69) is 0 Å². The van der Waals surface area contributed by atoms with Crippen LogP contribution in [0.25, 0.3) is 0 Å². The third-order valence-corrected chi connectivity index (χ3v) is 3.90. The van der Waals surface area contributed by atoms with Crippen molar-refractivity contribution in [2.75, 3.05) is 12.9 Å². The Hall–Kier alpha value is -2.34. The number of ether oxygens (including phenoxy) is 1. The number of ketones is 1. The van der Waals surface area contributed by atoms with Gasteiger partial charge in [-0.3, -0.25) is 14.9 Å². The molecule has 2 aromatic rings. The molecule has 0 heterocycles. The molecule has 0 aliphatic carbocycles. The Morgan fingerprint density at radius 1 is 1.19 bits per heavy atom. The third kappa shape index (κ3) is 3.82. The Balaban J connectivity index is 2.05. The lowest BCUT2D eigenvalue weighted by atomic mass is 10.1. The second-order valence-electron chi connectivity index (χ2n) is 4.17. The second-order valence-corrected chi connectivity index (χ2v) is 5.18. The van der Waals surface area contributed by atoms with E-state index in [1.54, 1.807) is 49.6 Å². The quantitative estimate of drug-likeness (QED) is 0.353. The van der Waals surface area contributed by atoms with Gasteiger partial charge in [0.2, 0.25) is 0 Å². The first kappa shape index (κ1) is 15.1. The van der Waals surface area contributed by atoms with Crippen LogP contribution >= 0.6 is 11.8 Å². The largest absolute Gasteiger partial charge is 0.497 e. The van der Waals surface area contributed by atoms with Crippen molar-refractivity contribution >= 4 is 23.2 Å². The Bertz CT molecular complexity index is 655. The monoisotopic (exact) mass is 303 g/mol. The highest BCUT2D eigenvalue weighted by molar-refractivity contribution is 8.00. The number of nitrogens with zero attached hydrogens (tertiary/aromatic N) is 1. The van der Waals surface area contributed by atoms with Crippen molar-refractivity contribution in [2.24, 2.45) is 0 Å². The maximum Gasteiger partial charge on any atom is 0.282 e. The summed E-state index contributed by atoms with van der Waals surface area (Å²) in [6.07, 6.45) is 0. The molecule has 21 heavy (non-hydrogen) atoms. The van der Waals surface area contributed by atoms with Crippen molar-refractivity contribution in [1.82, 2.24) is 0 Å². The summed E-state index contributed by atoms with van der Waals surface area (Å²) in [5, 5.41) is 10.9. The fourth-order valence-electron chi connectivity index (χ4n) is 1.73. The number of hydrogen-bond donors (Lipinski definition) is 0. The molecule has 0 amide bonds. The number of nitro groups is 1. The highest BCUT2D eigenvalue weighted by Gasteiger charge is 2.15. The first-order valence-corrected chi connectivity index (χ1v) is 7.14. The van der Waals surface area contributed by atoms with Crippen molar-refractivity contribution in [3.63, 3.8) is 0 Å². The van der Waals surface area contributed by atoms with Gasteiger partial charge >= 0.3 is 0 Å². The minimum Gasteiger partial charge on any atom is -0.497 e. The molecular formula is C15H13NO4S. The molecule has 0 aromatic heterocycles. The highest BCUT2D eigenvalue weighted by atomic mass is 32.2. The molecule has 0 bridgehead atoms. The number of hydrogen-bond acceptors (Lipinski definition) is 5. The normalized spacial score (nSPS) is 10.1. The predicted octanol–water partition coefficient (Wildman–Crippen LogP) is 3.58. The Kier molecular flexibility index (Phi) is 4.94. The molecule has 6 heteroatoms. The second kappa shape index (κ2) is 6.90. The van der Waals surface area contributed by atoms with E-state index < -0.39 is 4.92 Å². The molecular weight excluding hydrogens is 290 g/mol. The van der Waals surface area contributed by atoms with Gasteiger partial charge in [0.25, 0.3) is 5.69 Å². The first-order chi connectivity index (χ1) is 10.1. The predicted molar refractivity (Wildman–Crippen MR) is 81.1 cm³/mol. The summed E-state index contributed by atoms with van der Waals surface area (Å²) < 4.78 is 5.03. The van der Waals surface area contributed by atoms with Gasteiger partial charge in [-0.2, -0.15) is 0 Å². The van der Waals surface area contributed by atoms with Gasteiger partial charge in [0.05, 0.1) is 22.7 Å². The third-order valence-electron chi connectivity index (χ3n) is 2.83. The molecule has 2 aromatic carbocycles. The number of rotatable bonds is 6. The average Bonchev–Trinajstić information content (AvgIpc) is 2.52. The number of Topliss-reactive ketones (excluding diaryl/α,β-unsaturated/α-hetero) is 1. The molecule has 0 aliphatic rings. The number of thioether (sulfide) groups is 1. The topological polar surface area (TPSA) is 69.4 Å². The summed E-state index contributed by atoms with van der Waals surface area (Å²) in [6, 6.07) is 13.2. The molecule has 0 spiro atoms. The van der Waals surface area contributed by atoms with Crippen LogP contribution in [0.5, 0.6) is 5.75 Å². The number of nitro benzene ring substituents is 1. The molecule has 0 aliphatic heterocycles. The zero-order valence-electron chi connectivity index (χ0n) is 11.3. The number of benzene rings is 2. The summed E-state index contributed by atoms with van der Waals surface area (Å²) >= 11 is 1.17. The van der Waals surface area contributed by atoms with Crippen LogP contribution in [0.4, 0.5) is 5.69 Å². The van der Waals surface area contributed by atoms with Crippen LogP contribution < -0.4 is 4.74 Å². The van der Waals surface area contributed by atoms with E-state index in [4.69, 9.17) is 4.74 Å². The zero-order chi connectivity index (χ0) is 15.2. The lowest BCUT2D eigenvalue weighted by Crippen LogP contribution is -2.02. The summed E-state index contributed by atoms with van der Waals surface area (Å²) in [7, 11) is 1.56. The SMILES string of the molecule is COc1ccc(C(=O)CSc2ccccc2[N+](=O)[O-])cc1. The van der Waals surface area contributed by atoms with Crippen LogP contribution in [0.3, 0.4) is 0 Å². The fraction of sp³-hybridized carbons (Fsp3) is 0.133. The van der Waals surface area contributed by atoms with Crippen LogP contribution in [0.15, 0.2) is 53.4 Å². The van der Waals surface area contributed by atoms with E-state index in [0.717, 1.165) is 0 Å². The molecule has 0 unspecified atom stereocenters. The maximum atomic E-state index is 12.1. The van der Waals surface area contributed by atoms with Crippen LogP contribution in [0.1, 0.15) is 10.4 Å². The zero-order valence-corrected chi connectivity index (χ0v) is 12.1. The van der Waals surface area contributed by atoms with Crippen LogP contribution in [0, 0.1) is 10.1 Å². The number of carbonyl (C=O) groups excluding carboxylic acids is 1. The van der Waals surface area contributed by atoms with E-state index in [-0.39, 0.29) is 17.2 Å². The van der Waals surface area contributed by atoms with Gasteiger partial charge in [-0.15, -0.1) is 11.8 Å². The number of carbonyl (C=O) groups is 1. The Labute approximate surface area is 126 Å². The fourth-order valence-corrected chi connectivity index (χ4v) is 2.65. The molecule has 0 N–H and O–H groups in total. The van der Waals surface area contributed by atoms with Crippen molar-refractivity contribution in [2.45, 2.75) is 4.90 Å². The average molecular weight is 303 g/mol. The molecule has 0 radical (unpaired) electrons. The van der Waals surface area contributed by atoms with Gasteiger partial charge in [-0.1, -0.05) is 12.1 Å². The van der Waals surface area contributed by atoms with Gasteiger partial charge in [-0.05, 0) is 30.3 Å². The van der Waals surface area contributed by atoms with Gasteiger partial charge in [0, 0.05) is 11.6 Å². The summed E-state index contributed by atoms with van der Waals surface area (Å²) in [5.41, 5.74) is 0.576. The van der Waals surface area contributed by atoms with E-state index in [1.807, 2.05) is 0 Å². The van der Waals surface area contributed by atoms with Crippen molar-refractivity contribution in [3.8, 4) is 5.75 Å². The number of para-hydroxylation sites is 1. The van der Waals surface area contributed by atoms with Crippen molar-refractivity contribution in [3.05, 3.63) is 64.2 Å². The molecule has 0 fully saturated rings. The molecule has 0 saturated heterocycles. The van der Waals surface area contributed by atoms with Crippen molar-refractivity contribution < 1.29 is 14.5 Å². The summed E-state index contributed by atoms with van der Waals surface area (Å²) in [6.45, 7) is 0. The Morgan fingerprint density at radius 3 is 2.48 bits per heavy atom. The van der Waals surface area contributed by atoms with E-state index >= 15 is 0 Å². The molecule has 0 atom stereocenters. The van der Waals surface area contributed by atoms with Crippen LogP contribution in [-0.2, 0) is 0 Å². The standard InChI is InChI=1S/C15H13NO4S/c1-20-12-8-6-11(7-9-12)14(17)10-21-15-5-3-2-4-13(15)16(18)19/h2-9H,10H2,1H3. The number of methoxy groups -OCH3 is 1. The smallest absolute Gasteiger partial charge is 0.282 e. The van der Waals surface area contributed by atoms with Gasteiger partial charge in [-0.25, -0.2) is 0 Å². The highest BCUT2D eigenvalue weighted by Crippen LogP contribution is 2.29. The lowest BCUT2D eigenvalue weighted by molar-refractivity contribution is -0.387. The van der Waals surface area contributed by atoms with Gasteiger partial charge < -0.3 is 4.74 Å². The van der Waals surface area contributed by atoms with Gasteiger partial charge in [0.1, 0.15) is 5.75 Å². The first-order valence-electron chi connectivity index (χ1n) is 6.15. The molecule has 108 valence electrons. The van der Waals surface area contributed by atoms with E-state index in [0.29, 0.717) is 16.2 Å². The van der Waals surface area contributed by atoms with E-state index in [1.165, 1.54) is 17.8 Å². The van der Waals surface area contributed by atoms with Crippen molar-refractivity contribution in [1.29, 1.82) is 0 Å². The van der Waals surface area contributed by atoms with E-state index in [9.17, 15) is 14.9 Å². The molecule has 2 rings (SSSR count). The molecule has 5 nitrogen and oxygen atoms in total. The Morgan fingerprint density at radius 2 is 1.86 bits per heavy atom. The summed E-state index contributed by atoms with van der Waals surface area (Å²) in [5.74, 6) is 0.746. The lowest BCUT2D eigenvalue weighted by Gasteiger charge is -2.04. The van der Waals surface area contributed by atoms with Crippen LogP contribution in [0.2, 0.25) is 0 Å². The molecule has 0 saturated carbocycles. The van der Waals surface area contributed by atoms with Crippen LogP contribution in [-0.4, -0.2) is 23.6 Å². The summed E-state index contributed by atoms with van der Waals surface area (Å²) in [4.78, 5) is 23.0. The minimum atomic E-state index is -0.444. The minimum absolute atomic E-state index is 0.0185.